The molecule has 114 valence electrons. The summed E-state index contributed by atoms with van der Waals surface area (Å²) in [5.74, 6) is 1.83. The second-order valence-electron chi connectivity index (χ2n) is 5.19. The molecular weight excluding hydrogens is 280 g/mol. The van der Waals surface area contributed by atoms with E-state index in [-0.39, 0.29) is 4.75 Å². The van der Waals surface area contributed by atoms with Crippen molar-refractivity contribution < 1.29 is 4.74 Å². The van der Waals surface area contributed by atoms with Crippen LogP contribution in [0, 0.1) is 0 Å². The summed E-state index contributed by atoms with van der Waals surface area (Å²) in [7, 11) is 1.69. The Morgan fingerprint density at radius 2 is 2.00 bits per heavy atom. The molecule has 4 heteroatoms. The molecule has 0 saturated carbocycles. The minimum absolute atomic E-state index is 0.274. The van der Waals surface area contributed by atoms with Crippen LogP contribution in [-0.4, -0.2) is 29.6 Å². The highest BCUT2D eigenvalue weighted by atomic mass is 32.2. The van der Waals surface area contributed by atoms with Gasteiger partial charge in [-0.15, -0.1) is 0 Å². The van der Waals surface area contributed by atoms with Crippen LogP contribution in [0.4, 0.5) is 5.82 Å². The standard InChI is InChI=1S/C17H24N2OS/c1-5-17(6-2,21-4)12-19-16-15-8-7-14(20-3)11-13(15)9-10-18-16/h7-11H,5-6,12H2,1-4H3,(H,18,19). The maximum Gasteiger partial charge on any atom is 0.133 e. The van der Waals surface area contributed by atoms with Gasteiger partial charge in [0.25, 0.3) is 0 Å². The van der Waals surface area contributed by atoms with Gasteiger partial charge in [-0.1, -0.05) is 13.8 Å². The zero-order chi connectivity index (χ0) is 15.3. The number of nitrogens with one attached hydrogen (secondary N) is 1. The summed E-state index contributed by atoms with van der Waals surface area (Å²) in [6, 6.07) is 8.12. The van der Waals surface area contributed by atoms with Crippen molar-refractivity contribution in [1.82, 2.24) is 4.98 Å². The number of rotatable bonds is 7. The minimum atomic E-state index is 0.274. The van der Waals surface area contributed by atoms with E-state index in [1.165, 1.54) is 0 Å². The smallest absolute Gasteiger partial charge is 0.133 e. The van der Waals surface area contributed by atoms with E-state index in [0.29, 0.717) is 0 Å². The number of methoxy groups -OCH3 is 1. The average molecular weight is 304 g/mol. The SMILES string of the molecule is CCC(CC)(CNc1nccc2cc(OC)ccc12)SC. The number of nitrogens with zero attached hydrogens (tertiary/aromatic N) is 1. The van der Waals surface area contributed by atoms with Gasteiger partial charge in [0.15, 0.2) is 0 Å². The van der Waals surface area contributed by atoms with Crippen molar-refractivity contribution in [2.24, 2.45) is 0 Å². The molecule has 0 aliphatic heterocycles. The van der Waals surface area contributed by atoms with Crippen LogP contribution < -0.4 is 10.1 Å². The van der Waals surface area contributed by atoms with Gasteiger partial charge < -0.3 is 10.1 Å². The van der Waals surface area contributed by atoms with Gasteiger partial charge in [0.05, 0.1) is 7.11 Å². The summed E-state index contributed by atoms with van der Waals surface area (Å²) < 4.78 is 5.56. The number of ether oxygens (including phenoxy) is 1. The van der Waals surface area contributed by atoms with Gasteiger partial charge in [0, 0.05) is 22.9 Å². The first kappa shape index (κ1) is 16.0. The van der Waals surface area contributed by atoms with Gasteiger partial charge in [-0.2, -0.15) is 11.8 Å². The summed E-state index contributed by atoms with van der Waals surface area (Å²) >= 11 is 1.94. The Labute approximate surface area is 131 Å². The van der Waals surface area contributed by atoms with E-state index in [1.807, 2.05) is 36.2 Å². The highest BCUT2D eigenvalue weighted by Gasteiger charge is 2.24. The van der Waals surface area contributed by atoms with Crippen LogP contribution in [0.2, 0.25) is 0 Å². The highest BCUT2D eigenvalue weighted by Crippen LogP contribution is 2.32. The van der Waals surface area contributed by atoms with Crippen molar-refractivity contribution in [1.29, 1.82) is 0 Å². The zero-order valence-corrected chi connectivity index (χ0v) is 14.1. The van der Waals surface area contributed by atoms with Gasteiger partial charge >= 0.3 is 0 Å². The lowest BCUT2D eigenvalue weighted by molar-refractivity contribution is 0.415. The Morgan fingerprint density at radius 3 is 2.62 bits per heavy atom. The number of anilines is 1. The van der Waals surface area contributed by atoms with E-state index in [1.54, 1.807) is 7.11 Å². The Morgan fingerprint density at radius 1 is 1.24 bits per heavy atom. The van der Waals surface area contributed by atoms with E-state index >= 15 is 0 Å². The number of pyridine rings is 1. The first-order chi connectivity index (χ1) is 10.2. The molecule has 1 N–H and O–H groups in total. The van der Waals surface area contributed by atoms with E-state index in [4.69, 9.17) is 4.74 Å². The molecule has 0 radical (unpaired) electrons. The lowest BCUT2D eigenvalue weighted by Crippen LogP contribution is -2.32. The number of hydrogen-bond donors (Lipinski definition) is 1. The van der Waals surface area contributed by atoms with Gasteiger partial charge in [-0.25, -0.2) is 4.98 Å². The lowest BCUT2D eigenvalue weighted by Gasteiger charge is -2.30. The molecule has 3 nitrogen and oxygen atoms in total. The van der Waals surface area contributed by atoms with E-state index in [2.05, 4.69) is 36.5 Å². The van der Waals surface area contributed by atoms with E-state index in [9.17, 15) is 0 Å². The van der Waals surface area contributed by atoms with Crippen molar-refractivity contribution in [2.45, 2.75) is 31.4 Å². The monoisotopic (exact) mass is 304 g/mol. The third kappa shape index (κ3) is 3.43. The number of hydrogen-bond acceptors (Lipinski definition) is 4. The highest BCUT2D eigenvalue weighted by molar-refractivity contribution is 8.00. The summed E-state index contributed by atoms with van der Waals surface area (Å²) in [5.41, 5.74) is 0. The molecule has 21 heavy (non-hydrogen) atoms. The second-order valence-corrected chi connectivity index (χ2v) is 6.47. The molecule has 1 aromatic heterocycles. The number of benzene rings is 1. The predicted octanol–water partition coefficient (Wildman–Crippen LogP) is 4.58. The fraction of sp³-hybridized carbons (Fsp3) is 0.471. The first-order valence-electron chi connectivity index (χ1n) is 7.40. The van der Waals surface area contributed by atoms with Crippen LogP contribution in [0.5, 0.6) is 5.75 Å². The average Bonchev–Trinajstić information content (AvgIpc) is 2.56. The van der Waals surface area contributed by atoms with E-state index < -0.39 is 0 Å². The molecular formula is C17H24N2OS. The van der Waals surface area contributed by atoms with Crippen molar-refractivity contribution in [2.75, 3.05) is 25.2 Å². The van der Waals surface area contributed by atoms with Crippen LogP contribution >= 0.6 is 11.8 Å². The summed E-state index contributed by atoms with van der Waals surface area (Å²) in [4.78, 5) is 4.51. The predicted molar refractivity (Wildman–Crippen MR) is 93.6 cm³/mol. The zero-order valence-electron chi connectivity index (χ0n) is 13.3. The van der Waals surface area contributed by atoms with Crippen molar-refractivity contribution in [3.63, 3.8) is 0 Å². The third-order valence-corrected chi connectivity index (χ3v) is 5.86. The fourth-order valence-electron chi connectivity index (χ4n) is 2.53. The lowest BCUT2D eigenvalue weighted by atomic mass is 10.0. The topological polar surface area (TPSA) is 34.2 Å². The van der Waals surface area contributed by atoms with Crippen LogP contribution in [0.1, 0.15) is 26.7 Å². The molecule has 0 spiro atoms. The molecule has 0 unspecified atom stereocenters. The van der Waals surface area contributed by atoms with Gasteiger partial charge in [-0.05, 0) is 48.7 Å². The Kier molecular flexibility index (Phi) is 5.34. The number of thioether (sulfide) groups is 1. The van der Waals surface area contributed by atoms with Gasteiger partial charge in [0.2, 0.25) is 0 Å². The van der Waals surface area contributed by atoms with Crippen molar-refractivity contribution in [3.8, 4) is 5.75 Å². The molecule has 2 aromatic rings. The first-order valence-corrected chi connectivity index (χ1v) is 8.62. The molecule has 0 bridgehead atoms. The largest absolute Gasteiger partial charge is 0.497 e. The molecule has 0 aliphatic carbocycles. The molecule has 0 fully saturated rings. The van der Waals surface area contributed by atoms with Crippen LogP contribution in [0.15, 0.2) is 30.5 Å². The summed E-state index contributed by atoms with van der Waals surface area (Å²) in [5, 5.41) is 5.83. The number of aromatic nitrogens is 1. The normalized spacial score (nSPS) is 11.6. The molecule has 2 rings (SSSR count). The third-order valence-electron chi connectivity index (χ3n) is 4.27. The maximum absolute atomic E-state index is 5.28. The Bertz CT molecular complexity index is 588. The Hall–Kier alpha value is -1.42. The molecule has 1 heterocycles. The van der Waals surface area contributed by atoms with Crippen LogP contribution in [-0.2, 0) is 0 Å². The van der Waals surface area contributed by atoms with E-state index in [0.717, 1.165) is 41.7 Å². The van der Waals surface area contributed by atoms with Crippen LogP contribution in [0.25, 0.3) is 10.8 Å². The van der Waals surface area contributed by atoms with Crippen molar-refractivity contribution in [3.05, 3.63) is 30.5 Å². The van der Waals surface area contributed by atoms with Crippen LogP contribution in [0.3, 0.4) is 0 Å². The van der Waals surface area contributed by atoms with Gasteiger partial charge in [0.1, 0.15) is 11.6 Å². The summed E-state index contributed by atoms with van der Waals surface area (Å²) in [6.45, 7) is 5.44. The quantitative estimate of drug-likeness (QED) is 0.812. The second kappa shape index (κ2) is 7.03. The molecule has 1 aromatic carbocycles. The van der Waals surface area contributed by atoms with Crippen molar-refractivity contribution >= 4 is 28.4 Å². The molecule has 0 amide bonds. The molecule has 0 aliphatic rings. The maximum atomic E-state index is 5.28. The molecule has 0 atom stereocenters. The number of fused-ring (bicyclic) bond motifs is 1. The Balaban J connectivity index is 2.26. The fourth-order valence-corrected chi connectivity index (χ4v) is 3.32. The summed E-state index contributed by atoms with van der Waals surface area (Å²) in [6.07, 6.45) is 6.34. The molecule has 0 saturated heterocycles. The van der Waals surface area contributed by atoms with Gasteiger partial charge in [-0.3, -0.25) is 0 Å². The minimum Gasteiger partial charge on any atom is -0.497 e.